The van der Waals surface area contributed by atoms with Gasteiger partial charge in [0.25, 0.3) is 0 Å². The molecule has 1 nitrogen and oxygen atoms in total. The third kappa shape index (κ3) is 2.77. The lowest BCUT2D eigenvalue weighted by Gasteiger charge is -2.22. The van der Waals surface area contributed by atoms with E-state index < -0.39 is 0 Å². The fourth-order valence-electron chi connectivity index (χ4n) is 3.52. The first-order chi connectivity index (χ1) is 9.54. The summed E-state index contributed by atoms with van der Waals surface area (Å²) in [6.07, 6.45) is 10.6. The van der Waals surface area contributed by atoms with Crippen LogP contribution in [0.3, 0.4) is 0 Å². The minimum Gasteiger partial charge on any atom is -0.361 e. The predicted octanol–water partition coefficient (Wildman–Crippen LogP) is 5.59. The Morgan fingerprint density at radius 1 is 1.10 bits per heavy atom. The summed E-state index contributed by atoms with van der Waals surface area (Å²) in [4.78, 5) is 3.46. The van der Waals surface area contributed by atoms with Crippen LogP contribution in [0, 0.1) is 5.92 Å². The average Bonchev–Trinajstić information content (AvgIpc) is 2.82. The second kappa shape index (κ2) is 5.27. The van der Waals surface area contributed by atoms with Crippen LogP contribution in [-0.4, -0.2) is 4.98 Å². The molecule has 0 unspecified atom stereocenters. The van der Waals surface area contributed by atoms with Gasteiger partial charge in [-0.25, -0.2) is 0 Å². The van der Waals surface area contributed by atoms with E-state index in [0.717, 1.165) is 5.92 Å². The van der Waals surface area contributed by atoms with Crippen LogP contribution in [0.15, 0.2) is 24.4 Å². The van der Waals surface area contributed by atoms with E-state index in [4.69, 9.17) is 0 Å². The predicted molar refractivity (Wildman–Crippen MR) is 87.3 cm³/mol. The van der Waals surface area contributed by atoms with E-state index in [1.807, 2.05) is 0 Å². The molecule has 2 aromatic rings. The summed E-state index contributed by atoms with van der Waals surface area (Å²) in [6.45, 7) is 6.88. The first-order valence-corrected chi connectivity index (χ1v) is 8.14. The van der Waals surface area contributed by atoms with Gasteiger partial charge < -0.3 is 4.98 Å². The standard InChI is InChI=1S/C19H27N/c1-19(2,3)16-9-10-18-17(12-16)15(13-20-18)11-14-7-5-4-6-8-14/h9-10,12-14,20H,4-8,11H2,1-3H3. The second-order valence-electron chi connectivity index (χ2n) is 7.53. The smallest absolute Gasteiger partial charge is 0.0456 e. The van der Waals surface area contributed by atoms with Gasteiger partial charge in [-0.05, 0) is 41.0 Å². The van der Waals surface area contributed by atoms with E-state index in [9.17, 15) is 0 Å². The zero-order valence-electron chi connectivity index (χ0n) is 13.1. The third-order valence-corrected chi connectivity index (χ3v) is 4.87. The molecule has 0 bridgehead atoms. The molecule has 0 aliphatic heterocycles. The SMILES string of the molecule is CC(C)(C)c1ccc2[nH]cc(CC3CCCCC3)c2c1. The molecule has 1 N–H and O–H groups in total. The van der Waals surface area contributed by atoms with Crippen molar-refractivity contribution in [1.29, 1.82) is 0 Å². The highest BCUT2D eigenvalue weighted by atomic mass is 14.7. The van der Waals surface area contributed by atoms with Gasteiger partial charge >= 0.3 is 0 Å². The molecule has 1 heteroatoms. The molecule has 1 heterocycles. The Hall–Kier alpha value is -1.24. The number of aromatic nitrogens is 1. The number of hydrogen-bond donors (Lipinski definition) is 1. The molecule has 1 aliphatic rings. The molecule has 0 radical (unpaired) electrons. The van der Waals surface area contributed by atoms with Crippen LogP contribution in [0.4, 0.5) is 0 Å². The van der Waals surface area contributed by atoms with Crippen LogP contribution < -0.4 is 0 Å². The van der Waals surface area contributed by atoms with Crippen LogP contribution >= 0.6 is 0 Å². The van der Waals surface area contributed by atoms with Gasteiger partial charge in [0, 0.05) is 17.1 Å². The van der Waals surface area contributed by atoms with Crippen molar-refractivity contribution in [2.45, 2.75) is 64.7 Å². The Balaban J connectivity index is 1.90. The number of fused-ring (bicyclic) bond motifs is 1. The van der Waals surface area contributed by atoms with Crippen LogP contribution in [-0.2, 0) is 11.8 Å². The number of aromatic amines is 1. The topological polar surface area (TPSA) is 15.8 Å². The molecule has 1 fully saturated rings. The van der Waals surface area contributed by atoms with Gasteiger partial charge in [-0.2, -0.15) is 0 Å². The Morgan fingerprint density at radius 2 is 1.85 bits per heavy atom. The van der Waals surface area contributed by atoms with Crippen molar-refractivity contribution >= 4 is 10.9 Å². The van der Waals surface area contributed by atoms with E-state index in [1.165, 1.54) is 60.6 Å². The molecule has 0 atom stereocenters. The van der Waals surface area contributed by atoms with Gasteiger partial charge in [-0.15, -0.1) is 0 Å². The molecular formula is C19H27N. The average molecular weight is 269 g/mol. The summed E-state index contributed by atoms with van der Waals surface area (Å²) < 4.78 is 0. The minimum absolute atomic E-state index is 0.230. The monoisotopic (exact) mass is 269 g/mol. The highest BCUT2D eigenvalue weighted by Gasteiger charge is 2.18. The number of benzene rings is 1. The molecule has 20 heavy (non-hydrogen) atoms. The summed E-state index contributed by atoms with van der Waals surface area (Å²) in [6, 6.07) is 6.92. The van der Waals surface area contributed by atoms with Crippen LogP contribution in [0.25, 0.3) is 10.9 Å². The molecule has 108 valence electrons. The minimum atomic E-state index is 0.230. The maximum absolute atomic E-state index is 3.46. The Morgan fingerprint density at radius 3 is 2.55 bits per heavy atom. The molecule has 3 rings (SSSR count). The van der Waals surface area contributed by atoms with Crippen molar-refractivity contribution in [3.63, 3.8) is 0 Å². The van der Waals surface area contributed by atoms with Crippen molar-refractivity contribution in [2.75, 3.05) is 0 Å². The largest absolute Gasteiger partial charge is 0.361 e. The zero-order valence-corrected chi connectivity index (χ0v) is 13.1. The summed E-state index contributed by atoms with van der Waals surface area (Å²) in [5.74, 6) is 0.904. The Labute approximate surface area is 122 Å². The molecule has 1 aromatic carbocycles. The van der Waals surface area contributed by atoms with E-state index in [-0.39, 0.29) is 5.41 Å². The van der Waals surface area contributed by atoms with Crippen molar-refractivity contribution < 1.29 is 0 Å². The van der Waals surface area contributed by atoms with Gasteiger partial charge in [-0.1, -0.05) is 58.9 Å². The van der Waals surface area contributed by atoms with Crippen LogP contribution in [0.2, 0.25) is 0 Å². The van der Waals surface area contributed by atoms with Gasteiger partial charge in [0.05, 0.1) is 0 Å². The van der Waals surface area contributed by atoms with Crippen molar-refractivity contribution in [3.8, 4) is 0 Å². The maximum atomic E-state index is 3.46. The van der Waals surface area contributed by atoms with Crippen molar-refractivity contribution in [1.82, 2.24) is 4.98 Å². The van der Waals surface area contributed by atoms with Gasteiger partial charge in [0.2, 0.25) is 0 Å². The Kier molecular flexibility index (Phi) is 3.62. The number of hydrogen-bond acceptors (Lipinski definition) is 0. The van der Waals surface area contributed by atoms with E-state index in [0.29, 0.717) is 0 Å². The lowest BCUT2D eigenvalue weighted by molar-refractivity contribution is 0.357. The van der Waals surface area contributed by atoms with Crippen LogP contribution in [0.1, 0.15) is 64.0 Å². The second-order valence-corrected chi connectivity index (χ2v) is 7.53. The first kappa shape index (κ1) is 13.7. The quantitative estimate of drug-likeness (QED) is 0.731. The first-order valence-electron chi connectivity index (χ1n) is 8.14. The normalized spacial score (nSPS) is 17.8. The van der Waals surface area contributed by atoms with Gasteiger partial charge in [0.15, 0.2) is 0 Å². The summed E-state index contributed by atoms with van der Waals surface area (Å²) >= 11 is 0. The molecular weight excluding hydrogens is 242 g/mol. The molecule has 1 aliphatic carbocycles. The molecule has 1 saturated carbocycles. The highest BCUT2D eigenvalue weighted by molar-refractivity contribution is 5.84. The fraction of sp³-hybridized carbons (Fsp3) is 0.579. The number of nitrogens with one attached hydrogen (secondary N) is 1. The summed E-state index contributed by atoms with van der Waals surface area (Å²) in [5.41, 5.74) is 4.49. The molecule has 1 aromatic heterocycles. The molecule has 0 amide bonds. The van der Waals surface area contributed by atoms with Crippen molar-refractivity contribution in [2.24, 2.45) is 5.92 Å². The van der Waals surface area contributed by atoms with Gasteiger partial charge in [0.1, 0.15) is 0 Å². The highest BCUT2D eigenvalue weighted by Crippen LogP contribution is 2.32. The zero-order chi connectivity index (χ0) is 14.2. The molecule has 0 saturated heterocycles. The third-order valence-electron chi connectivity index (χ3n) is 4.87. The van der Waals surface area contributed by atoms with Crippen LogP contribution in [0.5, 0.6) is 0 Å². The lowest BCUT2D eigenvalue weighted by Crippen LogP contribution is -2.11. The summed E-state index contributed by atoms with van der Waals surface area (Å²) in [7, 11) is 0. The number of rotatable bonds is 2. The van der Waals surface area contributed by atoms with Gasteiger partial charge in [-0.3, -0.25) is 0 Å². The van der Waals surface area contributed by atoms with E-state index in [2.05, 4.69) is 50.2 Å². The Bertz CT molecular complexity index is 579. The van der Waals surface area contributed by atoms with E-state index in [1.54, 1.807) is 0 Å². The summed E-state index contributed by atoms with van der Waals surface area (Å²) in [5, 5.41) is 1.45. The fourth-order valence-corrected chi connectivity index (χ4v) is 3.52. The lowest BCUT2D eigenvalue weighted by atomic mass is 9.83. The maximum Gasteiger partial charge on any atom is 0.0456 e. The number of H-pyrrole nitrogens is 1. The van der Waals surface area contributed by atoms with Crippen molar-refractivity contribution in [3.05, 3.63) is 35.5 Å². The van der Waals surface area contributed by atoms with E-state index >= 15 is 0 Å². The molecule has 0 spiro atoms.